The van der Waals surface area contributed by atoms with Gasteiger partial charge < -0.3 is 15.2 Å². The Bertz CT molecular complexity index is 1660. The van der Waals surface area contributed by atoms with Crippen LogP contribution in [0.25, 0.3) is 0 Å². The summed E-state index contributed by atoms with van der Waals surface area (Å²) in [5, 5.41) is 20.8. The monoisotopic (exact) mass is 718 g/mol. The zero-order chi connectivity index (χ0) is 37.8. The van der Waals surface area contributed by atoms with E-state index < -0.39 is 17.3 Å². The Morgan fingerprint density at radius 3 is 2.31 bits per heavy atom. The van der Waals surface area contributed by atoms with Crippen molar-refractivity contribution in [3.63, 3.8) is 0 Å². The fraction of sp³-hybridized carbons (Fsp3) is 0.818. The highest BCUT2D eigenvalue weighted by molar-refractivity contribution is 6.00. The smallest absolute Gasteiger partial charge is 0.309 e. The molecule has 0 unspecified atom stereocenters. The van der Waals surface area contributed by atoms with E-state index in [2.05, 4.69) is 70.0 Å². The molecule has 288 valence electrons. The number of fused-ring (bicyclic) bond motifs is 7. The summed E-state index contributed by atoms with van der Waals surface area (Å²) >= 11 is 0. The Labute approximate surface area is 312 Å². The lowest BCUT2D eigenvalue weighted by molar-refractivity contribution is -0.236. The first-order valence-electron chi connectivity index (χ1n) is 20.7. The number of ketones is 1. The fourth-order valence-corrected chi connectivity index (χ4v) is 14.3. The van der Waals surface area contributed by atoms with Gasteiger partial charge in [0.2, 0.25) is 0 Å². The fourth-order valence-electron chi connectivity index (χ4n) is 14.3. The summed E-state index contributed by atoms with van der Waals surface area (Å²) in [7, 11) is 0. The van der Waals surface area contributed by atoms with Crippen molar-refractivity contribution in [3.8, 4) is 0 Å². The molecule has 52 heavy (non-hydrogen) atoms. The number of aliphatic carboxylic acids is 1. The third kappa shape index (κ3) is 5.36. The van der Waals surface area contributed by atoms with Gasteiger partial charge in [-0.05, 0) is 135 Å². The predicted molar refractivity (Wildman–Crippen MR) is 202 cm³/mol. The van der Waals surface area contributed by atoms with Gasteiger partial charge in [-0.1, -0.05) is 67.9 Å². The molecule has 6 aliphatic carbocycles. The van der Waals surface area contributed by atoms with Crippen molar-refractivity contribution in [2.45, 2.75) is 153 Å². The maximum atomic E-state index is 14.0. The average Bonchev–Trinajstić information content (AvgIpc) is 3.60. The van der Waals surface area contributed by atoms with E-state index in [9.17, 15) is 19.5 Å². The summed E-state index contributed by atoms with van der Waals surface area (Å²) < 4.78 is 6.42. The molecule has 0 amide bonds. The second-order valence-electron chi connectivity index (χ2n) is 20.7. The minimum atomic E-state index is -0.815. The normalized spacial score (nSPS) is 41.8. The van der Waals surface area contributed by atoms with E-state index in [1.54, 1.807) is 5.57 Å². The van der Waals surface area contributed by atoms with Crippen LogP contribution in [0.1, 0.15) is 144 Å². The number of nitrogens with one attached hydrogen (secondary N) is 2. The Morgan fingerprint density at radius 1 is 0.942 bits per heavy atom. The van der Waals surface area contributed by atoms with Crippen molar-refractivity contribution in [2.24, 2.45) is 68.0 Å². The number of carboxylic acids is 1. The van der Waals surface area contributed by atoms with Crippen LogP contribution in [0.15, 0.2) is 17.2 Å². The molecule has 10 atom stereocenters. The molecule has 3 N–H and O–H groups in total. The zero-order valence-corrected chi connectivity index (χ0v) is 33.8. The minimum Gasteiger partial charge on any atom is -0.481 e. The Balaban J connectivity index is 1.11. The van der Waals surface area contributed by atoms with E-state index in [4.69, 9.17) is 4.74 Å². The molecule has 7 rings (SSSR count). The maximum Gasteiger partial charge on any atom is 0.309 e. The number of esters is 1. The summed E-state index contributed by atoms with van der Waals surface area (Å²) in [5.41, 5.74) is 4.46. The SMILES string of the molecule is Cc1cc(CNCC[C@@]23CC[C@]4(C)[C@H](CC[C@@H]5[C@@]6(C)CC[C@H](OC(=O)[C@H]7C[C@@H](C(=O)O)C7(C)C)C(C)(C)[C@@H]6CC[C@]54C)C2=C(C(C)C)C(=O)C3)[nH]n1. The van der Waals surface area contributed by atoms with Crippen LogP contribution in [0.2, 0.25) is 0 Å². The Morgan fingerprint density at radius 2 is 1.67 bits per heavy atom. The lowest BCUT2D eigenvalue weighted by atomic mass is 9.33. The number of rotatable bonds is 9. The van der Waals surface area contributed by atoms with Crippen molar-refractivity contribution in [2.75, 3.05) is 6.54 Å². The molecule has 8 heteroatoms. The van der Waals surface area contributed by atoms with Crippen LogP contribution in [0, 0.1) is 74.9 Å². The number of ether oxygens (including phenoxy) is 1. The quantitative estimate of drug-likeness (QED) is 0.172. The Hall–Kier alpha value is -2.48. The first-order chi connectivity index (χ1) is 24.2. The molecule has 1 aromatic rings. The molecule has 1 heterocycles. The van der Waals surface area contributed by atoms with Crippen LogP contribution in [0.5, 0.6) is 0 Å². The second-order valence-corrected chi connectivity index (χ2v) is 20.7. The average molecular weight is 718 g/mol. The topological polar surface area (TPSA) is 121 Å². The number of hydrogen-bond acceptors (Lipinski definition) is 6. The molecule has 0 aromatic carbocycles. The third-order valence-electron chi connectivity index (χ3n) is 17.5. The number of carbonyl (C=O) groups excluding carboxylic acids is 2. The van der Waals surface area contributed by atoms with Crippen LogP contribution in [0.3, 0.4) is 0 Å². The molecule has 0 aliphatic heterocycles. The molecular weight excluding hydrogens is 651 g/mol. The number of aryl methyl sites for hydroxylation is 1. The number of hydrogen-bond donors (Lipinski definition) is 3. The van der Waals surface area contributed by atoms with Gasteiger partial charge in [0.25, 0.3) is 0 Å². The molecule has 6 aliphatic rings. The summed E-state index contributed by atoms with van der Waals surface area (Å²) in [6.45, 7) is 24.5. The summed E-state index contributed by atoms with van der Waals surface area (Å²) in [5.74, 6) is 0.235. The van der Waals surface area contributed by atoms with E-state index >= 15 is 0 Å². The van der Waals surface area contributed by atoms with Crippen LogP contribution in [-0.4, -0.2) is 45.7 Å². The molecule has 0 spiro atoms. The highest BCUT2D eigenvalue weighted by Gasteiger charge is 2.70. The van der Waals surface area contributed by atoms with Crippen molar-refractivity contribution in [1.82, 2.24) is 15.5 Å². The van der Waals surface area contributed by atoms with Gasteiger partial charge in [0.1, 0.15) is 6.10 Å². The van der Waals surface area contributed by atoms with Gasteiger partial charge in [-0.3, -0.25) is 19.5 Å². The zero-order valence-electron chi connectivity index (χ0n) is 33.8. The van der Waals surface area contributed by atoms with Crippen LogP contribution in [-0.2, 0) is 25.7 Å². The molecule has 0 saturated heterocycles. The Kier molecular flexibility index (Phi) is 9.11. The number of H-pyrrole nitrogens is 1. The number of aromatic nitrogens is 2. The number of allylic oxidation sites excluding steroid dienone is 2. The van der Waals surface area contributed by atoms with Gasteiger partial charge in [0.15, 0.2) is 5.78 Å². The van der Waals surface area contributed by atoms with Gasteiger partial charge >= 0.3 is 11.9 Å². The largest absolute Gasteiger partial charge is 0.481 e. The van der Waals surface area contributed by atoms with Gasteiger partial charge in [0, 0.05) is 29.5 Å². The van der Waals surface area contributed by atoms with Gasteiger partial charge in [-0.15, -0.1) is 0 Å². The van der Waals surface area contributed by atoms with Gasteiger partial charge in [-0.25, -0.2) is 0 Å². The van der Waals surface area contributed by atoms with Crippen molar-refractivity contribution in [1.29, 1.82) is 0 Å². The lowest BCUT2D eigenvalue weighted by Gasteiger charge is -2.72. The molecule has 5 saturated carbocycles. The van der Waals surface area contributed by atoms with Crippen LogP contribution < -0.4 is 5.32 Å². The van der Waals surface area contributed by atoms with Crippen molar-refractivity contribution >= 4 is 17.7 Å². The molecule has 1 aromatic heterocycles. The standard InChI is InChI=1S/C44H67N3O5/c1-25(2)35-31(48)23-44(19-20-45-24-27-21-26(3)46-47-27)18-17-42(9)28(36(35)44)11-12-33-41(8)15-14-34(40(6,7)32(41)13-16-43(33,42)10)52-38(51)30-22-29(37(49)50)39(30,4)5/h21,25,28-30,32-34,45H,11-20,22-24H2,1-10H3,(H,46,47)(H,49,50)/t28-,29+,30-,32+,33-,34+,41+,42-,43-,44-/m1/s1. The molecule has 0 bridgehead atoms. The van der Waals surface area contributed by atoms with Crippen molar-refractivity contribution in [3.05, 3.63) is 28.6 Å². The number of carboxylic acid groups (broad SMARTS) is 1. The third-order valence-corrected chi connectivity index (χ3v) is 17.5. The number of nitrogens with zero attached hydrogens (tertiary/aromatic N) is 1. The van der Waals surface area contributed by atoms with Gasteiger partial charge in [0.05, 0.1) is 17.5 Å². The van der Waals surface area contributed by atoms with Crippen LogP contribution in [0.4, 0.5) is 0 Å². The lowest BCUT2D eigenvalue weighted by Crippen LogP contribution is -2.66. The minimum absolute atomic E-state index is 0.0362. The molecule has 0 radical (unpaired) electrons. The molecule has 8 nitrogen and oxygen atoms in total. The predicted octanol–water partition coefficient (Wildman–Crippen LogP) is 8.84. The summed E-state index contributed by atoms with van der Waals surface area (Å²) in [4.78, 5) is 39.3. The van der Waals surface area contributed by atoms with Gasteiger partial charge in [-0.2, -0.15) is 5.10 Å². The van der Waals surface area contributed by atoms with Crippen molar-refractivity contribution < 1.29 is 24.2 Å². The summed E-state index contributed by atoms with van der Waals surface area (Å²) in [6, 6.07) is 2.10. The molecular formula is C44H67N3O5. The number of Topliss-reactive ketones (excluding diaryl/α,β-unsaturated/α-hetero) is 1. The first kappa shape index (κ1) is 37.8. The highest BCUT2D eigenvalue weighted by atomic mass is 16.5. The maximum absolute atomic E-state index is 14.0. The first-order valence-corrected chi connectivity index (χ1v) is 20.7. The van der Waals surface area contributed by atoms with E-state index in [1.165, 1.54) is 19.3 Å². The summed E-state index contributed by atoms with van der Waals surface area (Å²) in [6.07, 6.45) is 10.7. The van der Waals surface area contributed by atoms with E-state index in [1.807, 2.05) is 20.8 Å². The highest BCUT2D eigenvalue weighted by Crippen LogP contribution is 2.77. The second kappa shape index (κ2) is 12.5. The number of aromatic amines is 1. The van der Waals surface area contributed by atoms with Crippen LogP contribution >= 0.6 is 0 Å². The number of carbonyl (C=O) groups is 3. The van der Waals surface area contributed by atoms with E-state index in [0.29, 0.717) is 36.4 Å². The van der Waals surface area contributed by atoms with E-state index in [-0.39, 0.29) is 51.0 Å². The molecule has 5 fully saturated rings. The van der Waals surface area contributed by atoms with E-state index in [0.717, 1.165) is 68.6 Å².